The SMILES string of the molecule is Cc1nc(N)ncc1-c1nc(N2CCOCC2)c2sc(CN(C)c3ncc(C(=O)NO)cn3)cc2n1. The molecule has 0 saturated carbocycles. The summed E-state index contributed by atoms with van der Waals surface area (Å²) in [6, 6.07) is 2.03. The second kappa shape index (κ2) is 9.93. The lowest BCUT2D eigenvalue weighted by molar-refractivity contribution is 0.0705. The van der Waals surface area contributed by atoms with Crippen LogP contribution in [0.15, 0.2) is 24.7 Å². The zero-order valence-electron chi connectivity index (χ0n) is 19.7. The zero-order chi connectivity index (χ0) is 25.2. The summed E-state index contributed by atoms with van der Waals surface area (Å²) in [5, 5.41) is 8.77. The molecule has 0 aliphatic carbocycles. The molecular weight excluding hydrogens is 484 g/mol. The van der Waals surface area contributed by atoms with Gasteiger partial charge in [0.2, 0.25) is 11.9 Å². The van der Waals surface area contributed by atoms with Crippen molar-refractivity contribution >= 4 is 45.2 Å². The number of nitrogens with one attached hydrogen (secondary N) is 1. The Morgan fingerprint density at radius 1 is 1.19 bits per heavy atom. The Morgan fingerprint density at radius 2 is 1.94 bits per heavy atom. The third kappa shape index (κ3) is 4.73. The smallest absolute Gasteiger partial charge is 0.277 e. The zero-order valence-corrected chi connectivity index (χ0v) is 20.5. The van der Waals surface area contributed by atoms with E-state index in [4.69, 9.17) is 25.6 Å². The summed E-state index contributed by atoms with van der Waals surface area (Å²) >= 11 is 1.61. The maximum absolute atomic E-state index is 11.5. The number of amides is 1. The van der Waals surface area contributed by atoms with E-state index in [1.807, 2.05) is 24.9 Å². The number of aromatic nitrogens is 6. The van der Waals surface area contributed by atoms with Crippen LogP contribution in [-0.4, -0.2) is 74.4 Å². The van der Waals surface area contributed by atoms with Gasteiger partial charge in [0.05, 0.1) is 46.8 Å². The molecule has 1 saturated heterocycles. The van der Waals surface area contributed by atoms with E-state index in [9.17, 15) is 4.79 Å². The summed E-state index contributed by atoms with van der Waals surface area (Å²) in [5.41, 5.74) is 9.73. The van der Waals surface area contributed by atoms with E-state index in [1.54, 1.807) is 23.0 Å². The van der Waals surface area contributed by atoms with Gasteiger partial charge in [-0.1, -0.05) is 0 Å². The van der Waals surface area contributed by atoms with E-state index in [2.05, 4.69) is 24.8 Å². The fourth-order valence-electron chi connectivity index (χ4n) is 3.86. The molecule has 4 aromatic rings. The molecule has 0 spiro atoms. The average Bonchev–Trinajstić information content (AvgIpc) is 3.30. The second-order valence-corrected chi connectivity index (χ2v) is 9.33. The maximum Gasteiger partial charge on any atom is 0.277 e. The van der Waals surface area contributed by atoms with E-state index >= 15 is 0 Å². The number of nitrogen functional groups attached to an aromatic ring is 1. The highest BCUT2D eigenvalue weighted by atomic mass is 32.1. The van der Waals surface area contributed by atoms with Crippen molar-refractivity contribution in [1.82, 2.24) is 35.4 Å². The minimum atomic E-state index is -0.666. The highest BCUT2D eigenvalue weighted by molar-refractivity contribution is 7.19. The first-order chi connectivity index (χ1) is 17.4. The van der Waals surface area contributed by atoms with E-state index in [-0.39, 0.29) is 11.5 Å². The molecule has 1 aliphatic heterocycles. The van der Waals surface area contributed by atoms with Gasteiger partial charge in [-0.3, -0.25) is 10.0 Å². The Morgan fingerprint density at radius 3 is 2.64 bits per heavy atom. The lowest BCUT2D eigenvalue weighted by Crippen LogP contribution is -2.36. The van der Waals surface area contributed by atoms with E-state index in [1.165, 1.54) is 12.4 Å². The van der Waals surface area contributed by atoms with Gasteiger partial charge in [0, 0.05) is 43.6 Å². The summed E-state index contributed by atoms with van der Waals surface area (Å²) < 4.78 is 6.52. The van der Waals surface area contributed by atoms with E-state index in [0.717, 1.165) is 39.6 Å². The van der Waals surface area contributed by atoms with E-state index in [0.29, 0.717) is 37.2 Å². The van der Waals surface area contributed by atoms with Crippen LogP contribution in [0.1, 0.15) is 20.9 Å². The van der Waals surface area contributed by atoms with Gasteiger partial charge in [0.25, 0.3) is 5.91 Å². The summed E-state index contributed by atoms with van der Waals surface area (Å²) in [7, 11) is 1.86. The summed E-state index contributed by atoms with van der Waals surface area (Å²) in [5.74, 6) is 1.38. The molecule has 0 atom stereocenters. The first-order valence-corrected chi connectivity index (χ1v) is 11.9. The molecule has 4 aromatic heterocycles. The molecule has 5 rings (SSSR count). The number of carbonyl (C=O) groups is 1. The molecule has 1 amide bonds. The molecule has 13 nitrogen and oxygen atoms in total. The van der Waals surface area contributed by atoms with Crippen molar-refractivity contribution in [2.45, 2.75) is 13.5 Å². The number of hydrogen-bond donors (Lipinski definition) is 3. The van der Waals surface area contributed by atoms with Crippen molar-refractivity contribution in [3.05, 3.63) is 40.8 Å². The highest BCUT2D eigenvalue weighted by Gasteiger charge is 2.22. The Hall–Kier alpha value is -4.01. The number of ether oxygens (including phenoxy) is 1. The first kappa shape index (κ1) is 23.7. The van der Waals surface area contributed by atoms with Crippen LogP contribution in [0, 0.1) is 6.92 Å². The van der Waals surface area contributed by atoms with Gasteiger partial charge >= 0.3 is 0 Å². The van der Waals surface area contributed by atoms with Crippen LogP contribution < -0.4 is 21.0 Å². The number of morpholine rings is 1. The van der Waals surface area contributed by atoms with Crippen molar-refractivity contribution in [1.29, 1.82) is 0 Å². The first-order valence-electron chi connectivity index (χ1n) is 11.1. The van der Waals surface area contributed by atoms with Gasteiger partial charge < -0.3 is 20.3 Å². The normalized spacial score (nSPS) is 13.7. The predicted octanol–water partition coefficient (Wildman–Crippen LogP) is 1.42. The largest absolute Gasteiger partial charge is 0.378 e. The molecule has 14 heteroatoms. The predicted molar refractivity (Wildman–Crippen MR) is 134 cm³/mol. The van der Waals surface area contributed by atoms with Gasteiger partial charge in [-0.05, 0) is 13.0 Å². The molecule has 186 valence electrons. The standard InChI is InChI=1S/C22H24N10O3S/c1-12-15(10-24-21(23)27-12)18-28-16-7-14(36-17(16)19(29-18)32-3-5-35-6-4-32)11-31(2)22-25-8-13(9-26-22)20(33)30-34/h7-10,34H,3-6,11H2,1-2H3,(H,30,33)(H2,23,24,27). The van der Waals surface area contributed by atoms with Gasteiger partial charge in [-0.25, -0.2) is 35.4 Å². The number of aryl methyl sites for hydroxylation is 1. The van der Waals surface area contributed by atoms with Crippen molar-refractivity contribution in [2.24, 2.45) is 0 Å². The molecular formula is C22H24N10O3S. The Bertz CT molecular complexity index is 1410. The fourth-order valence-corrected chi connectivity index (χ4v) is 5.03. The van der Waals surface area contributed by atoms with Crippen LogP contribution >= 0.6 is 11.3 Å². The summed E-state index contributed by atoms with van der Waals surface area (Å²) in [6.07, 6.45) is 4.38. The van der Waals surface area contributed by atoms with Gasteiger partial charge in [-0.2, -0.15) is 0 Å². The van der Waals surface area contributed by atoms with Crippen molar-refractivity contribution in [3.8, 4) is 11.4 Å². The van der Waals surface area contributed by atoms with Gasteiger partial charge in [0.1, 0.15) is 0 Å². The number of fused-ring (bicyclic) bond motifs is 1. The number of hydroxylamine groups is 1. The van der Waals surface area contributed by atoms with Gasteiger partial charge in [-0.15, -0.1) is 11.3 Å². The molecule has 1 aliphatic rings. The second-order valence-electron chi connectivity index (χ2n) is 8.19. The number of nitrogens with two attached hydrogens (primary N) is 1. The third-order valence-electron chi connectivity index (χ3n) is 5.69. The topological polar surface area (TPSA) is 168 Å². The number of carbonyl (C=O) groups excluding carboxylic acids is 1. The fraction of sp³-hybridized carbons (Fsp3) is 0.318. The average molecular weight is 509 g/mol. The minimum Gasteiger partial charge on any atom is -0.378 e. The van der Waals surface area contributed by atoms with Crippen molar-refractivity contribution in [3.63, 3.8) is 0 Å². The van der Waals surface area contributed by atoms with Gasteiger partial charge in [0.15, 0.2) is 11.6 Å². The molecule has 5 heterocycles. The van der Waals surface area contributed by atoms with E-state index < -0.39 is 5.91 Å². The monoisotopic (exact) mass is 508 g/mol. The summed E-state index contributed by atoms with van der Waals surface area (Å²) in [6.45, 7) is 5.11. The number of hydrogen-bond acceptors (Lipinski definition) is 13. The number of thiophene rings is 1. The Balaban J connectivity index is 1.50. The molecule has 0 unspecified atom stereocenters. The molecule has 36 heavy (non-hydrogen) atoms. The Kier molecular flexibility index (Phi) is 6.54. The van der Waals surface area contributed by atoms with Crippen LogP contribution in [0.3, 0.4) is 0 Å². The number of rotatable bonds is 6. The van der Waals surface area contributed by atoms with Crippen molar-refractivity contribution < 1.29 is 14.7 Å². The van der Waals surface area contributed by atoms with Crippen LogP contribution in [-0.2, 0) is 11.3 Å². The van der Waals surface area contributed by atoms with Crippen LogP contribution in [0.2, 0.25) is 0 Å². The summed E-state index contributed by atoms with van der Waals surface area (Å²) in [4.78, 5) is 43.3. The molecule has 0 bridgehead atoms. The molecule has 0 radical (unpaired) electrons. The molecule has 4 N–H and O–H groups in total. The Labute approximate surface area is 210 Å². The maximum atomic E-state index is 11.5. The van der Waals surface area contributed by atoms with Crippen molar-refractivity contribution in [2.75, 3.05) is 48.9 Å². The van der Waals surface area contributed by atoms with Crippen LogP contribution in [0.25, 0.3) is 21.6 Å². The quantitative estimate of drug-likeness (QED) is 0.253. The van der Waals surface area contributed by atoms with Crippen LogP contribution in [0.5, 0.6) is 0 Å². The molecule has 1 fully saturated rings. The minimum absolute atomic E-state index is 0.163. The highest BCUT2D eigenvalue weighted by Crippen LogP contribution is 2.35. The number of anilines is 3. The molecule has 0 aromatic carbocycles. The lowest BCUT2D eigenvalue weighted by atomic mass is 10.2. The van der Waals surface area contributed by atoms with Crippen LogP contribution in [0.4, 0.5) is 17.7 Å². The lowest BCUT2D eigenvalue weighted by Gasteiger charge is -2.28. The third-order valence-corrected chi connectivity index (χ3v) is 6.80. The number of nitrogens with zero attached hydrogens (tertiary/aromatic N) is 8.